The molecule has 2 N–H and O–H groups in total. The van der Waals surface area contributed by atoms with Gasteiger partial charge in [0.2, 0.25) is 5.91 Å². The molecule has 8 heteroatoms. The Kier molecular flexibility index (Phi) is 4.86. The Morgan fingerprint density at radius 2 is 1.96 bits per heavy atom. The van der Waals surface area contributed by atoms with Crippen LogP contribution in [0.3, 0.4) is 0 Å². The molecule has 1 aliphatic rings. The molecule has 2 aromatic rings. The van der Waals surface area contributed by atoms with Crippen LogP contribution in [0.5, 0.6) is 0 Å². The second-order valence-corrected chi connectivity index (χ2v) is 9.03. The molecule has 1 atom stereocenters. The van der Waals surface area contributed by atoms with Crippen LogP contribution >= 0.6 is 11.3 Å². The standard InChI is InChI=1S/C16H19N3O3S2/c1-11-9-23-16(17-11)19-14-6-4-13(5-7-14)18-15(20)12-3-2-8-24(21,22)10-12/h4-7,9,12H,2-3,8,10H2,1H3,(H,17,19)(H,18,20). The Hall–Kier alpha value is -1.93. The molecule has 2 heterocycles. The van der Waals surface area contributed by atoms with Gasteiger partial charge in [0.15, 0.2) is 15.0 Å². The molecule has 1 saturated heterocycles. The molecule has 6 nitrogen and oxygen atoms in total. The van der Waals surface area contributed by atoms with Crippen LogP contribution in [-0.2, 0) is 14.6 Å². The molecule has 1 aromatic carbocycles. The first-order valence-electron chi connectivity index (χ1n) is 7.72. The molecular formula is C16H19N3O3S2. The number of rotatable bonds is 4. The van der Waals surface area contributed by atoms with Crippen molar-refractivity contribution in [1.29, 1.82) is 0 Å². The van der Waals surface area contributed by atoms with E-state index in [1.54, 1.807) is 12.1 Å². The summed E-state index contributed by atoms with van der Waals surface area (Å²) in [5, 5.41) is 8.78. The molecule has 0 radical (unpaired) electrons. The van der Waals surface area contributed by atoms with E-state index in [2.05, 4.69) is 15.6 Å². The molecule has 1 amide bonds. The third-order valence-corrected chi connectivity index (χ3v) is 6.55. The van der Waals surface area contributed by atoms with Gasteiger partial charge in [-0.05, 0) is 44.0 Å². The second kappa shape index (κ2) is 6.90. The van der Waals surface area contributed by atoms with E-state index in [-0.39, 0.29) is 17.4 Å². The van der Waals surface area contributed by atoms with Crippen LogP contribution in [0.2, 0.25) is 0 Å². The van der Waals surface area contributed by atoms with E-state index in [9.17, 15) is 13.2 Å². The van der Waals surface area contributed by atoms with Crippen molar-refractivity contribution in [3.63, 3.8) is 0 Å². The quantitative estimate of drug-likeness (QED) is 0.870. The van der Waals surface area contributed by atoms with Gasteiger partial charge in [-0.1, -0.05) is 0 Å². The highest BCUT2D eigenvalue weighted by molar-refractivity contribution is 7.91. The van der Waals surface area contributed by atoms with Crippen molar-refractivity contribution in [2.24, 2.45) is 5.92 Å². The third kappa shape index (κ3) is 4.33. The molecule has 0 aliphatic carbocycles. The lowest BCUT2D eigenvalue weighted by molar-refractivity contribution is -0.119. The number of carbonyl (C=O) groups excluding carboxylic acids is 1. The number of nitrogens with one attached hydrogen (secondary N) is 2. The van der Waals surface area contributed by atoms with Crippen LogP contribution in [0, 0.1) is 12.8 Å². The number of aryl methyl sites for hydroxylation is 1. The molecule has 1 aliphatic heterocycles. The number of hydrogen-bond donors (Lipinski definition) is 2. The van der Waals surface area contributed by atoms with Crippen LogP contribution in [0.4, 0.5) is 16.5 Å². The number of hydrogen-bond acceptors (Lipinski definition) is 6. The average molecular weight is 365 g/mol. The molecule has 1 aromatic heterocycles. The van der Waals surface area contributed by atoms with Gasteiger partial charge in [0, 0.05) is 16.8 Å². The molecule has 0 bridgehead atoms. The maximum atomic E-state index is 12.2. The summed E-state index contributed by atoms with van der Waals surface area (Å²) in [6.07, 6.45) is 1.17. The van der Waals surface area contributed by atoms with E-state index in [1.165, 1.54) is 11.3 Å². The zero-order chi connectivity index (χ0) is 17.2. The Labute approximate surface area is 145 Å². The number of carbonyl (C=O) groups is 1. The number of anilines is 3. The first-order chi connectivity index (χ1) is 11.4. The van der Waals surface area contributed by atoms with Crippen molar-refractivity contribution >= 4 is 43.6 Å². The van der Waals surface area contributed by atoms with E-state index >= 15 is 0 Å². The van der Waals surface area contributed by atoms with Crippen molar-refractivity contribution in [3.8, 4) is 0 Å². The minimum atomic E-state index is -3.09. The first-order valence-corrected chi connectivity index (χ1v) is 10.4. The lowest BCUT2D eigenvalue weighted by Crippen LogP contribution is -2.34. The van der Waals surface area contributed by atoms with Crippen molar-refractivity contribution in [3.05, 3.63) is 35.3 Å². The Balaban J connectivity index is 1.60. The summed E-state index contributed by atoms with van der Waals surface area (Å²) >= 11 is 1.53. The van der Waals surface area contributed by atoms with Crippen LogP contribution in [0.15, 0.2) is 29.6 Å². The van der Waals surface area contributed by atoms with Gasteiger partial charge < -0.3 is 10.6 Å². The number of thiazole rings is 1. The van der Waals surface area contributed by atoms with Crippen molar-refractivity contribution in [1.82, 2.24) is 4.98 Å². The number of benzene rings is 1. The summed E-state index contributed by atoms with van der Waals surface area (Å²) < 4.78 is 23.3. The van der Waals surface area contributed by atoms with E-state index in [0.29, 0.717) is 18.5 Å². The fourth-order valence-corrected chi connectivity index (χ4v) is 5.06. The predicted molar refractivity (Wildman–Crippen MR) is 96.6 cm³/mol. The van der Waals surface area contributed by atoms with Gasteiger partial charge in [-0.15, -0.1) is 11.3 Å². The van der Waals surface area contributed by atoms with Crippen molar-refractivity contribution < 1.29 is 13.2 Å². The van der Waals surface area contributed by atoms with Crippen LogP contribution in [0.25, 0.3) is 0 Å². The summed E-state index contributed by atoms with van der Waals surface area (Å²) in [5.74, 6) is -0.552. The normalized spacial score (nSPS) is 19.6. The van der Waals surface area contributed by atoms with E-state index in [0.717, 1.165) is 16.5 Å². The summed E-state index contributed by atoms with van der Waals surface area (Å²) in [5.41, 5.74) is 2.50. The maximum absolute atomic E-state index is 12.2. The predicted octanol–water partition coefficient (Wildman–Crippen LogP) is 2.96. The zero-order valence-corrected chi connectivity index (χ0v) is 14.9. The second-order valence-electron chi connectivity index (χ2n) is 5.94. The van der Waals surface area contributed by atoms with Gasteiger partial charge in [-0.25, -0.2) is 13.4 Å². The number of nitrogens with zero attached hydrogens (tertiary/aromatic N) is 1. The Bertz CT molecular complexity index is 829. The molecule has 1 fully saturated rings. The number of aromatic nitrogens is 1. The van der Waals surface area contributed by atoms with Gasteiger partial charge in [0.05, 0.1) is 23.1 Å². The molecule has 24 heavy (non-hydrogen) atoms. The third-order valence-electron chi connectivity index (χ3n) is 3.86. The smallest absolute Gasteiger partial charge is 0.228 e. The lowest BCUT2D eigenvalue weighted by Gasteiger charge is -2.21. The summed E-state index contributed by atoms with van der Waals surface area (Å²) in [4.78, 5) is 16.6. The topological polar surface area (TPSA) is 88.2 Å². The van der Waals surface area contributed by atoms with Crippen LogP contribution in [-0.4, -0.2) is 30.8 Å². The minimum Gasteiger partial charge on any atom is -0.332 e. The molecule has 1 unspecified atom stereocenters. The first kappa shape index (κ1) is 16.9. The van der Waals surface area contributed by atoms with E-state index < -0.39 is 15.8 Å². The number of amides is 1. The van der Waals surface area contributed by atoms with E-state index in [1.807, 2.05) is 24.4 Å². The molecule has 3 rings (SSSR count). The lowest BCUT2D eigenvalue weighted by atomic mass is 10.0. The summed E-state index contributed by atoms with van der Waals surface area (Å²) in [6.45, 7) is 1.94. The van der Waals surface area contributed by atoms with Gasteiger partial charge in [-0.2, -0.15) is 0 Å². The summed E-state index contributed by atoms with van der Waals surface area (Å²) in [6, 6.07) is 7.28. The van der Waals surface area contributed by atoms with Crippen molar-refractivity contribution in [2.75, 3.05) is 22.1 Å². The van der Waals surface area contributed by atoms with Crippen LogP contribution in [0.1, 0.15) is 18.5 Å². The Morgan fingerprint density at radius 3 is 2.58 bits per heavy atom. The number of sulfone groups is 1. The monoisotopic (exact) mass is 365 g/mol. The molecule has 0 spiro atoms. The van der Waals surface area contributed by atoms with Gasteiger partial charge >= 0.3 is 0 Å². The highest BCUT2D eigenvalue weighted by Gasteiger charge is 2.29. The van der Waals surface area contributed by atoms with Gasteiger partial charge in [0.1, 0.15) is 0 Å². The fraction of sp³-hybridized carbons (Fsp3) is 0.375. The SMILES string of the molecule is Cc1csc(Nc2ccc(NC(=O)C3CCCS(=O)(=O)C3)cc2)n1. The van der Waals surface area contributed by atoms with Crippen LogP contribution < -0.4 is 10.6 Å². The van der Waals surface area contributed by atoms with Gasteiger partial charge in [0.25, 0.3) is 0 Å². The highest BCUT2D eigenvalue weighted by Crippen LogP contribution is 2.23. The van der Waals surface area contributed by atoms with Crippen molar-refractivity contribution in [2.45, 2.75) is 19.8 Å². The highest BCUT2D eigenvalue weighted by atomic mass is 32.2. The zero-order valence-electron chi connectivity index (χ0n) is 13.3. The average Bonchev–Trinajstić information content (AvgIpc) is 2.93. The molecular weight excluding hydrogens is 346 g/mol. The van der Waals surface area contributed by atoms with E-state index in [4.69, 9.17) is 0 Å². The molecule has 128 valence electrons. The minimum absolute atomic E-state index is 0.0537. The fourth-order valence-electron chi connectivity index (χ4n) is 2.65. The molecule has 0 saturated carbocycles. The van der Waals surface area contributed by atoms with Gasteiger partial charge in [-0.3, -0.25) is 4.79 Å². The Morgan fingerprint density at radius 1 is 1.25 bits per heavy atom. The maximum Gasteiger partial charge on any atom is 0.228 e. The summed E-state index contributed by atoms with van der Waals surface area (Å²) in [7, 11) is -3.09. The largest absolute Gasteiger partial charge is 0.332 e.